The van der Waals surface area contributed by atoms with Crippen LogP contribution in [0.15, 0.2) is 23.4 Å². The van der Waals surface area contributed by atoms with Gasteiger partial charge in [-0.3, -0.25) is 0 Å². The molecule has 102 valence electrons. The Morgan fingerprint density at radius 3 is 2.68 bits per heavy atom. The molecule has 1 aromatic rings. The Hall–Kier alpha value is -1.95. The summed E-state index contributed by atoms with van der Waals surface area (Å²) in [7, 11) is 1.18. The molecule has 0 spiro atoms. The van der Waals surface area contributed by atoms with E-state index >= 15 is 0 Å². The molecule has 1 aliphatic heterocycles. The average Bonchev–Trinajstić information content (AvgIpc) is 2.63. The number of rotatable bonds is 2. The van der Waals surface area contributed by atoms with Crippen LogP contribution in [0.2, 0.25) is 0 Å². The van der Waals surface area contributed by atoms with Crippen molar-refractivity contribution in [1.29, 1.82) is 0 Å². The van der Waals surface area contributed by atoms with E-state index in [4.69, 9.17) is 4.84 Å². The summed E-state index contributed by atoms with van der Waals surface area (Å²) in [6.07, 6.45) is -0.962. The minimum atomic E-state index is -0.962. The minimum Gasteiger partial charge on any atom is -0.465 e. The van der Waals surface area contributed by atoms with E-state index in [0.717, 1.165) is 6.07 Å². The van der Waals surface area contributed by atoms with E-state index in [-0.39, 0.29) is 11.3 Å². The summed E-state index contributed by atoms with van der Waals surface area (Å²) < 4.78 is 18.2. The molecular weight excluding hydrogens is 253 g/mol. The lowest BCUT2D eigenvalue weighted by Crippen LogP contribution is -2.38. The number of aliphatic hydroxyl groups excluding tert-OH is 1. The highest BCUT2D eigenvalue weighted by atomic mass is 19.1. The number of esters is 1. The van der Waals surface area contributed by atoms with Crippen LogP contribution in [0, 0.1) is 5.82 Å². The molecule has 0 saturated carbocycles. The first-order valence-corrected chi connectivity index (χ1v) is 5.69. The predicted octanol–water partition coefficient (Wildman–Crippen LogP) is 1.49. The van der Waals surface area contributed by atoms with Gasteiger partial charge in [-0.05, 0) is 26.0 Å². The van der Waals surface area contributed by atoms with Gasteiger partial charge in [0.2, 0.25) is 0 Å². The van der Waals surface area contributed by atoms with Gasteiger partial charge in [-0.15, -0.1) is 0 Å². The maximum absolute atomic E-state index is 13.8. The summed E-state index contributed by atoms with van der Waals surface area (Å²) in [6, 6.07) is 3.90. The Morgan fingerprint density at radius 2 is 2.21 bits per heavy atom. The zero-order valence-corrected chi connectivity index (χ0v) is 10.8. The largest absolute Gasteiger partial charge is 0.465 e. The number of hydrogen-bond donors (Lipinski definition) is 1. The van der Waals surface area contributed by atoms with Crippen molar-refractivity contribution in [2.75, 3.05) is 7.11 Å². The standard InChI is InChI=1S/C13H14FNO4/c1-13(2)11(16)10(15-19-13)7-4-5-8(9(14)6-7)12(17)18-3/h4-6,11,16H,1-3H3. The Bertz CT molecular complexity index is 554. The minimum absolute atomic E-state index is 0.167. The Balaban J connectivity index is 2.34. The molecular formula is C13H14FNO4. The van der Waals surface area contributed by atoms with Crippen molar-refractivity contribution >= 4 is 11.7 Å². The summed E-state index contributed by atoms with van der Waals surface area (Å²) in [5.41, 5.74) is -0.421. The van der Waals surface area contributed by atoms with Crippen LogP contribution in [-0.2, 0) is 9.57 Å². The molecule has 0 saturated heterocycles. The normalized spacial score (nSPS) is 20.7. The first-order valence-electron chi connectivity index (χ1n) is 5.69. The number of halogens is 1. The molecule has 6 heteroatoms. The Kier molecular flexibility index (Phi) is 3.28. The van der Waals surface area contributed by atoms with Crippen molar-refractivity contribution < 1.29 is 23.9 Å². The van der Waals surface area contributed by atoms with Crippen LogP contribution < -0.4 is 0 Å². The van der Waals surface area contributed by atoms with E-state index in [0.29, 0.717) is 5.56 Å². The lowest BCUT2D eigenvalue weighted by atomic mass is 9.94. The molecule has 0 bridgehead atoms. The molecule has 1 heterocycles. The highest BCUT2D eigenvalue weighted by Gasteiger charge is 2.40. The maximum Gasteiger partial charge on any atom is 0.340 e. The fraction of sp³-hybridized carbons (Fsp3) is 0.385. The number of benzene rings is 1. The second-order valence-electron chi connectivity index (χ2n) is 4.76. The van der Waals surface area contributed by atoms with E-state index in [9.17, 15) is 14.3 Å². The van der Waals surface area contributed by atoms with Gasteiger partial charge in [0.25, 0.3) is 0 Å². The third-order valence-corrected chi connectivity index (χ3v) is 2.97. The quantitative estimate of drug-likeness (QED) is 0.824. The molecule has 0 aromatic heterocycles. The first kappa shape index (κ1) is 13.5. The smallest absolute Gasteiger partial charge is 0.340 e. The van der Waals surface area contributed by atoms with Crippen LogP contribution in [0.25, 0.3) is 0 Å². The van der Waals surface area contributed by atoms with Crippen LogP contribution in [-0.4, -0.2) is 35.6 Å². The second kappa shape index (κ2) is 4.62. The number of aliphatic hydroxyl groups is 1. The molecule has 19 heavy (non-hydrogen) atoms. The van der Waals surface area contributed by atoms with Gasteiger partial charge >= 0.3 is 5.97 Å². The number of nitrogens with zero attached hydrogens (tertiary/aromatic N) is 1. The van der Waals surface area contributed by atoms with Gasteiger partial charge in [0.15, 0.2) is 5.60 Å². The van der Waals surface area contributed by atoms with Gasteiger partial charge in [0.05, 0.1) is 12.7 Å². The van der Waals surface area contributed by atoms with Gasteiger partial charge < -0.3 is 14.7 Å². The summed E-state index contributed by atoms with van der Waals surface area (Å²) in [5, 5.41) is 13.8. The van der Waals surface area contributed by atoms with Gasteiger partial charge in [-0.2, -0.15) is 0 Å². The molecule has 2 rings (SSSR count). The molecule has 0 fully saturated rings. The maximum atomic E-state index is 13.8. The van der Waals surface area contributed by atoms with Crippen molar-refractivity contribution in [3.8, 4) is 0 Å². The molecule has 0 radical (unpaired) electrons. The third kappa shape index (κ3) is 2.31. The molecule has 1 atom stereocenters. The summed E-state index contributed by atoms with van der Waals surface area (Å²) in [6.45, 7) is 3.35. The fourth-order valence-corrected chi connectivity index (χ4v) is 1.76. The van der Waals surface area contributed by atoms with E-state index in [2.05, 4.69) is 9.89 Å². The molecule has 1 N–H and O–H groups in total. The summed E-state index contributed by atoms with van der Waals surface area (Å²) in [5.74, 6) is -1.49. The van der Waals surface area contributed by atoms with E-state index in [1.165, 1.54) is 19.2 Å². The van der Waals surface area contributed by atoms with E-state index in [1.807, 2.05) is 0 Å². The van der Waals surface area contributed by atoms with Crippen molar-refractivity contribution in [1.82, 2.24) is 0 Å². The predicted molar refractivity (Wildman–Crippen MR) is 65.4 cm³/mol. The molecule has 1 aromatic carbocycles. The molecule has 1 aliphatic rings. The number of hydrogen-bond acceptors (Lipinski definition) is 5. The van der Waals surface area contributed by atoms with Crippen LogP contribution >= 0.6 is 0 Å². The monoisotopic (exact) mass is 267 g/mol. The molecule has 5 nitrogen and oxygen atoms in total. The zero-order chi connectivity index (χ0) is 14.2. The van der Waals surface area contributed by atoms with Crippen LogP contribution in [0.1, 0.15) is 29.8 Å². The number of methoxy groups -OCH3 is 1. The number of ether oxygens (including phenoxy) is 1. The number of carbonyl (C=O) groups excluding carboxylic acids is 1. The lowest BCUT2D eigenvalue weighted by Gasteiger charge is -2.20. The van der Waals surface area contributed by atoms with Gasteiger partial charge in [0.1, 0.15) is 17.6 Å². The van der Waals surface area contributed by atoms with E-state index in [1.54, 1.807) is 13.8 Å². The molecule has 0 aliphatic carbocycles. The molecule has 1 unspecified atom stereocenters. The van der Waals surface area contributed by atoms with Crippen molar-refractivity contribution in [3.63, 3.8) is 0 Å². The highest BCUT2D eigenvalue weighted by Crippen LogP contribution is 2.27. The van der Waals surface area contributed by atoms with Gasteiger partial charge in [0, 0.05) is 5.56 Å². The number of oxime groups is 1. The fourth-order valence-electron chi connectivity index (χ4n) is 1.76. The average molecular weight is 267 g/mol. The summed E-state index contributed by atoms with van der Waals surface area (Å²) in [4.78, 5) is 16.3. The second-order valence-corrected chi connectivity index (χ2v) is 4.76. The van der Waals surface area contributed by atoms with Crippen LogP contribution in [0.3, 0.4) is 0 Å². The third-order valence-electron chi connectivity index (χ3n) is 2.97. The van der Waals surface area contributed by atoms with Crippen molar-refractivity contribution in [2.45, 2.75) is 25.6 Å². The van der Waals surface area contributed by atoms with Gasteiger partial charge in [-0.1, -0.05) is 11.2 Å². The van der Waals surface area contributed by atoms with Crippen LogP contribution in [0.5, 0.6) is 0 Å². The zero-order valence-electron chi connectivity index (χ0n) is 10.8. The Labute approximate surface area is 109 Å². The Morgan fingerprint density at radius 1 is 1.53 bits per heavy atom. The van der Waals surface area contributed by atoms with Gasteiger partial charge in [-0.25, -0.2) is 9.18 Å². The van der Waals surface area contributed by atoms with Crippen molar-refractivity contribution in [2.24, 2.45) is 5.16 Å². The van der Waals surface area contributed by atoms with E-state index < -0.39 is 23.5 Å². The lowest BCUT2D eigenvalue weighted by molar-refractivity contribution is -0.0476. The summed E-state index contributed by atoms with van der Waals surface area (Å²) >= 11 is 0. The van der Waals surface area contributed by atoms with Crippen molar-refractivity contribution in [3.05, 3.63) is 35.1 Å². The molecule has 0 amide bonds. The highest BCUT2D eigenvalue weighted by molar-refractivity contribution is 6.05. The first-order chi connectivity index (χ1) is 8.86. The number of carbonyl (C=O) groups is 1. The SMILES string of the molecule is COC(=O)c1ccc(C2=NOC(C)(C)C2O)cc1F. The van der Waals surface area contributed by atoms with Crippen LogP contribution in [0.4, 0.5) is 4.39 Å². The topological polar surface area (TPSA) is 68.1 Å².